The zero-order valence-electron chi connectivity index (χ0n) is 12.0. The summed E-state index contributed by atoms with van der Waals surface area (Å²) in [5, 5.41) is 6.69. The monoisotopic (exact) mass is 265 g/mol. The highest BCUT2D eigenvalue weighted by Gasteiger charge is 2.19. The summed E-state index contributed by atoms with van der Waals surface area (Å²) in [5.41, 5.74) is 0.863. The van der Waals surface area contributed by atoms with Crippen LogP contribution in [0.25, 0.3) is 0 Å². The Morgan fingerprint density at radius 2 is 2.42 bits per heavy atom. The van der Waals surface area contributed by atoms with Gasteiger partial charge in [-0.25, -0.2) is 0 Å². The Kier molecular flexibility index (Phi) is 4.58. The first-order chi connectivity index (χ1) is 9.04. The van der Waals surface area contributed by atoms with Gasteiger partial charge in [-0.2, -0.15) is 0 Å². The minimum atomic E-state index is -0.0273. The van der Waals surface area contributed by atoms with Gasteiger partial charge in [0, 0.05) is 12.6 Å². The van der Waals surface area contributed by atoms with E-state index in [-0.39, 0.29) is 5.91 Å². The minimum Gasteiger partial charge on any atom is -0.338 e. The van der Waals surface area contributed by atoms with Gasteiger partial charge in [0.2, 0.25) is 11.8 Å². The molecular formula is C14H23N3O2. The molecule has 0 bridgehead atoms. The van der Waals surface area contributed by atoms with Gasteiger partial charge in [0.05, 0.1) is 12.2 Å². The van der Waals surface area contributed by atoms with Crippen LogP contribution < -0.4 is 5.32 Å². The molecule has 1 aliphatic heterocycles. The van der Waals surface area contributed by atoms with Crippen molar-refractivity contribution in [3.8, 4) is 0 Å². The molecule has 1 saturated heterocycles. The summed E-state index contributed by atoms with van der Waals surface area (Å²) in [6.45, 7) is 8.75. The van der Waals surface area contributed by atoms with Crippen LogP contribution in [0.5, 0.6) is 0 Å². The Bertz CT molecular complexity index is 428. The lowest BCUT2D eigenvalue weighted by Crippen LogP contribution is -2.39. The number of anilines is 1. The van der Waals surface area contributed by atoms with Crippen molar-refractivity contribution in [2.24, 2.45) is 5.92 Å². The first-order valence-electron chi connectivity index (χ1n) is 7.03. The van der Waals surface area contributed by atoms with Gasteiger partial charge >= 0.3 is 0 Å². The van der Waals surface area contributed by atoms with Crippen LogP contribution >= 0.6 is 0 Å². The van der Waals surface area contributed by atoms with Gasteiger partial charge in [0.1, 0.15) is 0 Å². The number of rotatable bonds is 4. The van der Waals surface area contributed by atoms with Crippen LogP contribution in [-0.4, -0.2) is 35.6 Å². The molecule has 1 N–H and O–H groups in total. The van der Waals surface area contributed by atoms with E-state index in [4.69, 9.17) is 4.52 Å². The van der Waals surface area contributed by atoms with Crippen LogP contribution in [0, 0.1) is 5.92 Å². The van der Waals surface area contributed by atoms with Crippen LogP contribution in [0.15, 0.2) is 10.6 Å². The lowest BCUT2D eigenvalue weighted by atomic mass is 10.0. The third kappa shape index (κ3) is 4.06. The fraction of sp³-hybridized carbons (Fsp3) is 0.714. The summed E-state index contributed by atoms with van der Waals surface area (Å²) >= 11 is 0. The fourth-order valence-electron chi connectivity index (χ4n) is 2.43. The van der Waals surface area contributed by atoms with E-state index in [9.17, 15) is 4.79 Å². The molecule has 5 nitrogen and oxygen atoms in total. The van der Waals surface area contributed by atoms with Gasteiger partial charge in [-0.3, -0.25) is 15.0 Å². The fourth-order valence-corrected chi connectivity index (χ4v) is 2.43. The van der Waals surface area contributed by atoms with Gasteiger partial charge in [-0.05, 0) is 31.2 Å². The highest BCUT2D eigenvalue weighted by molar-refractivity contribution is 5.90. The number of nitrogens with zero attached hydrogens (tertiary/aromatic N) is 2. The van der Waals surface area contributed by atoms with Gasteiger partial charge in [0.25, 0.3) is 0 Å². The molecule has 0 aliphatic carbocycles. The van der Waals surface area contributed by atoms with Crippen molar-refractivity contribution in [2.45, 2.75) is 39.5 Å². The van der Waals surface area contributed by atoms with Gasteiger partial charge < -0.3 is 4.52 Å². The molecular weight excluding hydrogens is 242 g/mol. The average Bonchev–Trinajstić information content (AvgIpc) is 2.77. The molecule has 106 valence electrons. The van der Waals surface area contributed by atoms with E-state index in [1.807, 2.05) is 13.8 Å². The Balaban J connectivity index is 1.83. The molecule has 1 aromatic rings. The molecule has 1 fully saturated rings. The Morgan fingerprint density at radius 1 is 1.63 bits per heavy atom. The van der Waals surface area contributed by atoms with Crippen molar-refractivity contribution in [2.75, 3.05) is 25.0 Å². The third-order valence-electron chi connectivity index (χ3n) is 3.49. The minimum absolute atomic E-state index is 0.0273. The Labute approximate surface area is 114 Å². The SMILES string of the molecule is CC(C)c1cc(NC(=O)CN2CCC[C@H](C)C2)on1. The number of nitrogens with one attached hydrogen (secondary N) is 1. The Hall–Kier alpha value is -1.36. The Morgan fingerprint density at radius 3 is 3.05 bits per heavy atom. The van der Waals surface area contributed by atoms with E-state index < -0.39 is 0 Å². The van der Waals surface area contributed by atoms with Crippen molar-refractivity contribution >= 4 is 11.8 Å². The number of hydrogen-bond donors (Lipinski definition) is 1. The van der Waals surface area contributed by atoms with E-state index >= 15 is 0 Å². The largest absolute Gasteiger partial charge is 0.338 e. The van der Waals surface area contributed by atoms with Crippen LogP contribution in [0.4, 0.5) is 5.88 Å². The lowest BCUT2D eigenvalue weighted by molar-refractivity contribution is -0.117. The average molecular weight is 265 g/mol. The summed E-state index contributed by atoms with van der Waals surface area (Å²) in [6.07, 6.45) is 2.44. The molecule has 0 radical (unpaired) electrons. The molecule has 1 aliphatic rings. The lowest BCUT2D eigenvalue weighted by Gasteiger charge is -2.29. The van der Waals surface area contributed by atoms with E-state index in [0.29, 0.717) is 24.3 Å². The zero-order chi connectivity index (χ0) is 13.8. The van der Waals surface area contributed by atoms with E-state index in [1.54, 1.807) is 6.07 Å². The maximum absolute atomic E-state index is 11.9. The van der Waals surface area contributed by atoms with E-state index in [0.717, 1.165) is 18.8 Å². The summed E-state index contributed by atoms with van der Waals surface area (Å²) in [7, 11) is 0. The maximum atomic E-state index is 11.9. The second-order valence-corrected chi connectivity index (χ2v) is 5.80. The van der Waals surface area contributed by atoms with Crippen molar-refractivity contribution < 1.29 is 9.32 Å². The summed E-state index contributed by atoms with van der Waals surface area (Å²) < 4.78 is 5.11. The van der Waals surface area contributed by atoms with Gasteiger partial charge in [-0.1, -0.05) is 25.9 Å². The van der Waals surface area contributed by atoms with Crippen molar-refractivity contribution in [3.63, 3.8) is 0 Å². The highest BCUT2D eigenvalue weighted by Crippen LogP contribution is 2.18. The smallest absolute Gasteiger partial charge is 0.240 e. The maximum Gasteiger partial charge on any atom is 0.240 e. The summed E-state index contributed by atoms with van der Waals surface area (Å²) in [4.78, 5) is 14.1. The van der Waals surface area contributed by atoms with Gasteiger partial charge in [0.15, 0.2) is 0 Å². The quantitative estimate of drug-likeness (QED) is 0.908. The first kappa shape index (κ1) is 14.1. The molecule has 1 amide bonds. The summed E-state index contributed by atoms with van der Waals surface area (Å²) in [5.74, 6) is 1.40. The van der Waals surface area contributed by atoms with Crippen LogP contribution in [-0.2, 0) is 4.79 Å². The van der Waals surface area contributed by atoms with Crippen LogP contribution in [0.1, 0.15) is 45.2 Å². The number of hydrogen-bond acceptors (Lipinski definition) is 4. The third-order valence-corrected chi connectivity index (χ3v) is 3.49. The number of aromatic nitrogens is 1. The predicted octanol–water partition coefficient (Wildman–Crippen LogP) is 2.47. The van der Waals surface area contributed by atoms with Crippen LogP contribution in [0.2, 0.25) is 0 Å². The molecule has 2 rings (SSSR count). The van der Waals surface area contributed by atoms with Crippen LogP contribution in [0.3, 0.4) is 0 Å². The first-order valence-corrected chi connectivity index (χ1v) is 7.03. The zero-order valence-corrected chi connectivity index (χ0v) is 12.0. The standard InChI is InChI=1S/C14H23N3O2/c1-10(2)12-7-14(19-16-12)15-13(18)9-17-6-4-5-11(3)8-17/h7,10-11H,4-6,8-9H2,1-3H3,(H,15,18)/t11-/m0/s1. The molecule has 1 atom stereocenters. The number of carbonyl (C=O) groups excluding carboxylic acids is 1. The molecule has 0 spiro atoms. The topological polar surface area (TPSA) is 58.4 Å². The molecule has 0 unspecified atom stereocenters. The van der Waals surface area contributed by atoms with Crippen molar-refractivity contribution in [3.05, 3.63) is 11.8 Å². The van der Waals surface area contributed by atoms with E-state index in [2.05, 4.69) is 22.3 Å². The summed E-state index contributed by atoms with van der Waals surface area (Å²) in [6, 6.07) is 1.79. The predicted molar refractivity (Wildman–Crippen MR) is 74.1 cm³/mol. The van der Waals surface area contributed by atoms with E-state index in [1.165, 1.54) is 12.8 Å². The molecule has 2 heterocycles. The van der Waals surface area contributed by atoms with Crippen molar-refractivity contribution in [1.82, 2.24) is 10.1 Å². The van der Waals surface area contributed by atoms with Crippen molar-refractivity contribution in [1.29, 1.82) is 0 Å². The number of piperidine rings is 1. The molecule has 0 saturated carbocycles. The van der Waals surface area contributed by atoms with Gasteiger partial charge in [-0.15, -0.1) is 0 Å². The number of carbonyl (C=O) groups is 1. The highest BCUT2D eigenvalue weighted by atomic mass is 16.5. The number of likely N-dealkylation sites (tertiary alicyclic amines) is 1. The second-order valence-electron chi connectivity index (χ2n) is 5.80. The molecule has 19 heavy (non-hydrogen) atoms. The molecule has 5 heteroatoms. The second kappa shape index (κ2) is 6.19. The number of amides is 1. The molecule has 1 aromatic heterocycles. The normalized spacial score (nSPS) is 20.7. The molecule has 0 aromatic carbocycles.